The van der Waals surface area contributed by atoms with E-state index in [0.29, 0.717) is 31.6 Å². The van der Waals surface area contributed by atoms with Crippen LogP contribution in [0.2, 0.25) is 0 Å². The Kier molecular flexibility index (Phi) is 8.92. The van der Waals surface area contributed by atoms with E-state index in [0.717, 1.165) is 69.4 Å². The molecule has 44 heavy (non-hydrogen) atoms. The van der Waals surface area contributed by atoms with Crippen LogP contribution in [0.15, 0.2) is 108 Å². The number of ether oxygens (including phenoxy) is 3. The van der Waals surface area contributed by atoms with Crippen LogP contribution in [0.3, 0.4) is 0 Å². The number of allylic oxidation sites excluding steroid dienone is 2. The molecule has 0 unspecified atom stereocenters. The summed E-state index contributed by atoms with van der Waals surface area (Å²) in [4.78, 5) is 29.5. The second-order valence-corrected chi connectivity index (χ2v) is 11.0. The number of ketones is 1. The zero-order valence-corrected chi connectivity index (χ0v) is 24.8. The number of aromatic amines is 1. The fraction of sp³-hybridized carbons (Fsp3) is 0.243. The summed E-state index contributed by atoms with van der Waals surface area (Å²) in [6.45, 7) is 0.782. The molecule has 1 heterocycles. The van der Waals surface area contributed by atoms with Crippen molar-refractivity contribution in [2.45, 2.75) is 38.1 Å². The minimum atomic E-state index is -0.612. The van der Waals surface area contributed by atoms with Gasteiger partial charge in [-0.15, -0.1) is 0 Å². The van der Waals surface area contributed by atoms with Crippen LogP contribution in [-0.2, 0) is 16.0 Å². The summed E-state index contributed by atoms with van der Waals surface area (Å²) in [5.74, 6) is 1.19. The lowest BCUT2D eigenvalue weighted by molar-refractivity contribution is -0.142. The van der Waals surface area contributed by atoms with Crippen molar-refractivity contribution >= 4 is 33.6 Å². The summed E-state index contributed by atoms with van der Waals surface area (Å²) in [5, 5.41) is 5.59. The SMILES string of the molecule is COC(=O)[C@H](Cc1ccc(OCCOc2cccc3[nH]c4ccccc4c23)cc1)NC1=C(C(=O)c2ccccc2)CCCC1. The summed E-state index contributed by atoms with van der Waals surface area (Å²) in [7, 11) is 1.39. The zero-order valence-electron chi connectivity index (χ0n) is 24.8. The van der Waals surface area contributed by atoms with Gasteiger partial charge in [0.25, 0.3) is 0 Å². The number of nitrogens with one attached hydrogen (secondary N) is 2. The number of carbonyl (C=O) groups excluding carboxylic acids is 2. The molecular formula is C37H36N2O5. The molecule has 5 aromatic rings. The average molecular weight is 589 g/mol. The lowest BCUT2D eigenvalue weighted by atomic mass is 9.90. The average Bonchev–Trinajstić information content (AvgIpc) is 3.46. The van der Waals surface area contributed by atoms with Gasteiger partial charge in [0.05, 0.1) is 12.6 Å². The largest absolute Gasteiger partial charge is 0.490 e. The Labute approximate surface area is 256 Å². The molecule has 0 saturated heterocycles. The van der Waals surface area contributed by atoms with Gasteiger partial charge in [0.2, 0.25) is 0 Å². The number of para-hydroxylation sites is 1. The number of aromatic nitrogens is 1. The molecule has 1 aliphatic carbocycles. The van der Waals surface area contributed by atoms with Crippen LogP contribution in [-0.4, -0.2) is 43.1 Å². The van der Waals surface area contributed by atoms with E-state index in [4.69, 9.17) is 14.2 Å². The van der Waals surface area contributed by atoms with Gasteiger partial charge in [-0.3, -0.25) is 4.79 Å². The standard InChI is InChI=1S/C37H36N2O5/c1-42-37(41)33(39-31-15-8-6-13-29(31)36(40)26-10-3-2-4-11-26)24-25-18-20-27(21-19-25)43-22-23-44-34-17-9-16-32-35(34)28-12-5-7-14-30(28)38-32/h2-5,7,9-12,14,16-21,33,38-39H,6,8,13,15,22-24H2,1H3/t33-/m0/s1. The van der Waals surface area contributed by atoms with Gasteiger partial charge in [-0.25, -0.2) is 4.79 Å². The van der Waals surface area contributed by atoms with Crippen LogP contribution in [0.4, 0.5) is 0 Å². The fourth-order valence-corrected chi connectivity index (χ4v) is 5.88. The number of hydrogen-bond donors (Lipinski definition) is 2. The highest BCUT2D eigenvalue weighted by Gasteiger charge is 2.26. The number of benzene rings is 4. The number of rotatable bonds is 12. The third kappa shape index (κ3) is 6.47. The first-order chi connectivity index (χ1) is 21.6. The number of hydrogen-bond acceptors (Lipinski definition) is 6. The molecule has 0 spiro atoms. The zero-order chi connectivity index (χ0) is 30.3. The van der Waals surface area contributed by atoms with Crippen LogP contribution in [0.5, 0.6) is 11.5 Å². The Morgan fingerprint density at radius 3 is 2.34 bits per heavy atom. The van der Waals surface area contributed by atoms with Gasteiger partial charge in [0.1, 0.15) is 30.8 Å². The Balaban J connectivity index is 1.07. The Morgan fingerprint density at radius 1 is 0.795 bits per heavy atom. The predicted octanol–water partition coefficient (Wildman–Crippen LogP) is 7.16. The molecule has 6 rings (SSSR count). The smallest absolute Gasteiger partial charge is 0.328 e. The normalized spacial score (nSPS) is 13.9. The van der Waals surface area contributed by atoms with Crippen molar-refractivity contribution in [3.63, 3.8) is 0 Å². The van der Waals surface area contributed by atoms with Crippen LogP contribution in [0, 0.1) is 0 Å². The molecule has 7 nitrogen and oxygen atoms in total. The van der Waals surface area contributed by atoms with E-state index in [-0.39, 0.29) is 11.8 Å². The lowest BCUT2D eigenvalue weighted by Crippen LogP contribution is -2.40. The minimum absolute atomic E-state index is 0.0139. The minimum Gasteiger partial charge on any atom is -0.490 e. The van der Waals surface area contributed by atoms with E-state index in [1.165, 1.54) is 7.11 Å². The van der Waals surface area contributed by atoms with Crippen molar-refractivity contribution in [2.75, 3.05) is 20.3 Å². The third-order valence-corrected chi connectivity index (χ3v) is 8.08. The van der Waals surface area contributed by atoms with Gasteiger partial charge in [-0.05, 0) is 61.6 Å². The van der Waals surface area contributed by atoms with Crippen molar-refractivity contribution in [3.8, 4) is 11.5 Å². The lowest BCUT2D eigenvalue weighted by Gasteiger charge is -2.25. The summed E-state index contributed by atoms with van der Waals surface area (Å²) >= 11 is 0. The van der Waals surface area contributed by atoms with E-state index in [1.807, 2.05) is 78.9 Å². The highest BCUT2D eigenvalue weighted by atomic mass is 16.5. The molecule has 0 aliphatic heterocycles. The van der Waals surface area contributed by atoms with Crippen LogP contribution < -0.4 is 14.8 Å². The number of H-pyrrole nitrogens is 1. The van der Waals surface area contributed by atoms with Crippen molar-refractivity contribution in [1.29, 1.82) is 0 Å². The number of Topliss-reactive ketones (excluding diaryl/α,β-unsaturated/α-hetero) is 1. The van der Waals surface area contributed by atoms with Crippen molar-refractivity contribution < 1.29 is 23.8 Å². The second kappa shape index (κ2) is 13.5. The van der Waals surface area contributed by atoms with Gasteiger partial charge in [0, 0.05) is 39.5 Å². The maximum atomic E-state index is 13.3. The first-order valence-corrected chi connectivity index (χ1v) is 15.1. The Morgan fingerprint density at radius 2 is 1.52 bits per heavy atom. The van der Waals surface area contributed by atoms with E-state index < -0.39 is 6.04 Å². The molecule has 0 bridgehead atoms. The maximum absolute atomic E-state index is 13.3. The maximum Gasteiger partial charge on any atom is 0.328 e. The molecule has 0 amide bonds. The first-order valence-electron chi connectivity index (χ1n) is 15.1. The summed E-state index contributed by atoms with van der Waals surface area (Å²) in [5.41, 5.74) is 5.33. The molecule has 2 N–H and O–H groups in total. The molecule has 4 aromatic carbocycles. The summed E-state index contributed by atoms with van der Waals surface area (Å²) < 4.78 is 17.2. The van der Waals surface area contributed by atoms with E-state index in [1.54, 1.807) is 0 Å². The second-order valence-electron chi connectivity index (χ2n) is 11.0. The highest BCUT2D eigenvalue weighted by molar-refractivity contribution is 6.10. The molecule has 7 heteroatoms. The quantitative estimate of drug-likeness (QED) is 0.0913. The number of methoxy groups -OCH3 is 1. The topological polar surface area (TPSA) is 89.7 Å². The van der Waals surface area contributed by atoms with Crippen LogP contribution in [0.25, 0.3) is 21.8 Å². The van der Waals surface area contributed by atoms with Crippen LogP contribution in [0.1, 0.15) is 41.6 Å². The van der Waals surface area contributed by atoms with Crippen molar-refractivity contribution in [3.05, 3.63) is 119 Å². The molecular weight excluding hydrogens is 552 g/mol. The summed E-state index contributed by atoms with van der Waals surface area (Å²) in [6, 6.07) is 30.6. The monoisotopic (exact) mass is 588 g/mol. The molecule has 1 atom stereocenters. The van der Waals surface area contributed by atoms with Crippen LogP contribution >= 0.6 is 0 Å². The predicted molar refractivity (Wildman–Crippen MR) is 172 cm³/mol. The third-order valence-electron chi connectivity index (χ3n) is 8.08. The van der Waals surface area contributed by atoms with Gasteiger partial charge in [-0.2, -0.15) is 0 Å². The van der Waals surface area contributed by atoms with E-state index >= 15 is 0 Å². The van der Waals surface area contributed by atoms with Crippen molar-refractivity contribution in [1.82, 2.24) is 10.3 Å². The molecule has 0 saturated carbocycles. The van der Waals surface area contributed by atoms with Gasteiger partial charge >= 0.3 is 5.97 Å². The number of esters is 1. The number of carbonyl (C=O) groups is 2. The van der Waals surface area contributed by atoms with E-state index in [2.05, 4.69) is 28.5 Å². The fourth-order valence-electron chi connectivity index (χ4n) is 5.88. The number of fused-ring (bicyclic) bond motifs is 3. The first kappa shape index (κ1) is 29.1. The molecule has 1 aliphatic rings. The highest BCUT2D eigenvalue weighted by Crippen LogP contribution is 2.33. The van der Waals surface area contributed by atoms with E-state index in [9.17, 15) is 9.59 Å². The molecule has 0 radical (unpaired) electrons. The van der Waals surface area contributed by atoms with Crippen molar-refractivity contribution in [2.24, 2.45) is 0 Å². The van der Waals surface area contributed by atoms with Gasteiger partial charge in [-0.1, -0.05) is 66.7 Å². The Hall–Kier alpha value is -5.04. The van der Waals surface area contributed by atoms with Gasteiger partial charge < -0.3 is 24.5 Å². The molecule has 224 valence electrons. The Bertz CT molecular complexity index is 1790. The van der Waals surface area contributed by atoms with Gasteiger partial charge in [0.15, 0.2) is 5.78 Å². The molecule has 0 fully saturated rings. The summed E-state index contributed by atoms with van der Waals surface area (Å²) in [6.07, 6.45) is 3.75. The molecule has 1 aromatic heterocycles.